The molecule has 27 heavy (non-hydrogen) atoms. The van der Waals surface area contributed by atoms with Crippen molar-refractivity contribution >= 4 is 31.6 Å². The second kappa shape index (κ2) is 10.1. The third-order valence-electron chi connectivity index (χ3n) is 3.84. The van der Waals surface area contributed by atoms with E-state index in [1.54, 1.807) is 26.0 Å². The summed E-state index contributed by atoms with van der Waals surface area (Å²) in [6.45, 7) is 11.3. The van der Waals surface area contributed by atoms with Gasteiger partial charge in [0.25, 0.3) is 5.91 Å². The maximum absolute atomic E-state index is 12.5. The van der Waals surface area contributed by atoms with Gasteiger partial charge in [0.2, 0.25) is 0 Å². The lowest BCUT2D eigenvalue weighted by Crippen LogP contribution is -2.35. The predicted molar refractivity (Wildman–Crippen MR) is 109 cm³/mol. The zero-order chi connectivity index (χ0) is 20.7. The van der Waals surface area contributed by atoms with Crippen LogP contribution in [0.25, 0.3) is 0 Å². The Bertz CT molecular complexity index is 658. The number of benzene rings is 1. The van der Waals surface area contributed by atoms with Gasteiger partial charge in [-0.1, -0.05) is 45.1 Å². The van der Waals surface area contributed by atoms with Crippen molar-refractivity contribution in [3.8, 4) is 5.75 Å². The molecule has 1 amide bonds. The van der Waals surface area contributed by atoms with Crippen LogP contribution < -0.4 is 10.1 Å². The minimum atomic E-state index is -1.17. The van der Waals surface area contributed by atoms with Crippen LogP contribution in [0.5, 0.6) is 5.75 Å². The molecule has 0 aliphatic rings. The Balaban J connectivity index is 2.67. The molecule has 0 unspecified atom stereocenters. The molecule has 8 heteroatoms. The second-order valence-corrected chi connectivity index (χ2v) is 14.6. The number of carbonyl (C=O) groups is 2. The zero-order valence-corrected chi connectivity index (χ0v) is 18.5. The molecule has 1 aromatic carbocycles. The monoisotopic (exact) mass is 415 g/mol. The zero-order valence-electron chi connectivity index (χ0n) is 16.7. The van der Waals surface area contributed by atoms with Crippen LogP contribution in [-0.2, 0) is 9.53 Å². The van der Waals surface area contributed by atoms with E-state index in [9.17, 15) is 9.59 Å². The maximum Gasteiger partial charge on any atom is 0.303 e. The normalized spacial score (nSPS) is 11.9. The number of carbonyl (C=O) groups excluding carboxylic acids is 1. The molecule has 0 fully saturated rings. The molecule has 1 aromatic rings. The van der Waals surface area contributed by atoms with Gasteiger partial charge in [-0.2, -0.15) is 0 Å². The standard InChI is InChI=1S/C19H30ClNO5Si/c1-19(2,11-17(22)23)12-21-18(24)15-10-14(20)6-7-16(15)26-13-25-8-9-27(3,4)5/h6-7,10H,8-9,11-13H2,1-5H3,(H,21,24)(H,22,23). The summed E-state index contributed by atoms with van der Waals surface area (Å²) >= 11 is 6.01. The third-order valence-corrected chi connectivity index (χ3v) is 5.78. The van der Waals surface area contributed by atoms with Crippen LogP contribution in [0.4, 0.5) is 0 Å². The lowest BCUT2D eigenvalue weighted by Gasteiger charge is -2.23. The average molecular weight is 416 g/mol. The first-order valence-electron chi connectivity index (χ1n) is 8.90. The van der Waals surface area contributed by atoms with E-state index in [0.29, 0.717) is 22.9 Å². The van der Waals surface area contributed by atoms with Gasteiger partial charge in [-0.05, 0) is 29.7 Å². The summed E-state index contributed by atoms with van der Waals surface area (Å²) < 4.78 is 11.1. The van der Waals surface area contributed by atoms with Crippen molar-refractivity contribution < 1.29 is 24.2 Å². The minimum absolute atomic E-state index is 0.0445. The van der Waals surface area contributed by atoms with Gasteiger partial charge in [0.15, 0.2) is 6.79 Å². The van der Waals surface area contributed by atoms with E-state index in [2.05, 4.69) is 25.0 Å². The molecular weight excluding hydrogens is 386 g/mol. The Hall–Kier alpha value is -1.57. The summed E-state index contributed by atoms with van der Waals surface area (Å²) in [6.07, 6.45) is -0.0445. The molecular formula is C19H30ClNO5Si. The van der Waals surface area contributed by atoms with Gasteiger partial charge < -0.3 is 19.9 Å². The Morgan fingerprint density at radius 2 is 1.93 bits per heavy atom. The Kier molecular flexibility index (Phi) is 8.78. The molecule has 0 spiro atoms. The first-order valence-corrected chi connectivity index (χ1v) is 13.0. The smallest absolute Gasteiger partial charge is 0.303 e. The Morgan fingerprint density at radius 3 is 2.52 bits per heavy atom. The van der Waals surface area contributed by atoms with Gasteiger partial charge >= 0.3 is 5.97 Å². The summed E-state index contributed by atoms with van der Waals surface area (Å²) in [5.41, 5.74) is -0.274. The fourth-order valence-corrected chi connectivity index (χ4v) is 3.16. The van der Waals surface area contributed by atoms with Crippen LogP contribution in [-0.4, -0.2) is 45.0 Å². The molecule has 1 rings (SSSR count). The predicted octanol–water partition coefficient (Wildman–Crippen LogP) is 4.26. The Labute approximate surface area is 167 Å². The van der Waals surface area contributed by atoms with Crippen LogP contribution in [0.15, 0.2) is 18.2 Å². The van der Waals surface area contributed by atoms with E-state index in [0.717, 1.165) is 6.04 Å². The van der Waals surface area contributed by atoms with E-state index in [1.807, 2.05) is 0 Å². The molecule has 0 aliphatic carbocycles. The Morgan fingerprint density at radius 1 is 1.26 bits per heavy atom. The number of carboxylic acid groups (broad SMARTS) is 1. The van der Waals surface area contributed by atoms with Gasteiger partial charge in [0.05, 0.1) is 12.0 Å². The van der Waals surface area contributed by atoms with Gasteiger partial charge in [0, 0.05) is 26.2 Å². The first-order chi connectivity index (χ1) is 12.4. The van der Waals surface area contributed by atoms with E-state index in [-0.39, 0.29) is 25.7 Å². The van der Waals surface area contributed by atoms with Crippen molar-refractivity contribution in [3.63, 3.8) is 0 Å². The van der Waals surface area contributed by atoms with Gasteiger partial charge in [0.1, 0.15) is 5.75 Å². The quantitative estimate of drug-likeness (QED) is 0.320. The SMILES string of the molecule is CC(C)(CNC(=O)c1cc(Cl)ccc1OCOCC[Si](C)(C)C)CC(=O)O. The first kappa shape index (κ1) is 23.5. The number of aliphatic carboxylic acids is 1. The highest BCUT2D eigenvalue weighted by molar-refractivity contribution is 6.76. The van der Waals surface area contributed by atoms with Crippen LogP contribution in [0, 0.1) is 5.41 Å². The summed E-state index contributed by atoms with van der Waals surface area (Å²) in [7, 11) is -1.17. The number of nitrogens with one attached hydrogen (secondary N) is 1. The molecule has 0 saturated carbocycles. The maximum atomic E-state index is 12.5. The summed E-state index contributed by atoms with van der Waals surface area (Å²) in [5.74, 6) is -0.898. The van der Waals surface area contributed by atoms with Crippen molar-refractivity contribution in [1.29, 1.82) is 0 Å². The molecule has 0 aromatic heterocycles. The van der Waals surface area contributed by atoms with Crippen molar-refractivity contribution in [2.45, 2.75) is 46.0 Å². The summed E-state index contributed by atoms with van der Waals surface area (Å²) in [4.78, 5) is 23.4. The van der Waals surface area contributed by atoms with Gasteiger partial charge in [-0.25, -0.2) is 0 Å². The highest BCUT2D eigenvalue weighted by atomic mass is 35.5. The molecule has 6 nitrogen and oxygen atoms in total. The van der Waals surface area contributed by atoms with Gasteiger partial charge in [-0.15, -0.1) is 0 Å². The number of ether oxygens (including phenoxy) is 2. The highest BCUT2D eigenvalue weighted by Gasteiger charge is 2.23. The minimum Gasteiger partial charge on any atom is -0.481 e. The number of amides is 1. The molecule has 0 radical (unpaired) electrons. The van der Waals surface area contributed by atoms with E-state index in [1.165, 1.54) is 6.07 Å². The summed E-state index contributed by atoms with van der Waals surface area (Å²) in [6, 6.07) is 5.83. The van der Waals surface area contributed by atoms with E-state index in [4.69, 9.17) is 26.2 Å². The van der Waals surface area contributed by atoms with Crippen LogP contribution in [0.1, 0.15) is 30.6 Å². The largest absolute Gasteiger partial charge is 0.481 e. The van der Waals surface area contributed by atoms with Crippen molar-refractivity contribution in [3.05, 3.63) is 28.8 Å². The van der Waals surface area contributed by atoms with E-state index < -0.39 is 19.5 Å². The van der Waals surface area contributed by atoms with Crippen molar-refractivity contribution in [2.75, 3.05) is 19.9 Å². The van der Waals surface area contributed by atoms with Crippen molar-refractivity contribution in [1.82, 2.24) is 5.32 Å². The number of carboxylic acids is 1. The van der Waals surface area contributed by atoms with Gasteiger partial charge in [-0.3, -0.25) is 9.59 Å². The number of rotatable bonds is 11. The van der Waals surface area contributed by atoms with Crippen LogP contribution in [0.2, 0.25) is 30.7 Å². The lowest BCUT2D eigenvalue weighted by molar-refractivity contribution is -0.139. The molecule has 0 atom stereocenters. The number of hydrogen-bond donors (Lipinski definition) is 2. The van der Waals surface area contributed by atoms with Crippen LogP contribution in [0.3, 0.4) is 0 Å². The fraction of sp³-hybridized carbons (Fsp3) is 0.579. The highest BCUT2D eigenvalue weighted by Crippen LogP contribution is 2.24. The topological polar surface area (TPSA) is 84.9 Å². The molecule has 152 valence electrons. The molecule has 0 heterocycles. The number of halogens is 1. The average Bonchev–Trinajstić information content (AvgIpc) is 2.51. The molecule has 0 saturated heterocycles. The third kappa shape index (κ3) is 9.79. The van der Waals surface area contributed by atoms with Crippen LogP contribution >= 0.6 is 11.6 Å². The second-order valence-electron chi connectivity index (χ2n) is 8.54. The number of hydrogen-bond acceptors (Lipinski definition) is 4. The molecule has 0 bridgehead atoms. The molecule has 2 N–H and O–H groups in total. The fourth-order valence-electron chi connectivity index (χ4n) is 2.23. The lowest BCUT2D eigenvalue weighted by atomic mass is 9.89. The summed E-state index contributed by atoms with van der Waals surface area (Å²) in [5, 5.41) is 12.1. The van der Waals surface area contributed by atoms with E-state index >= 15 is 0 Å². The van der Waals surface area contributed by atoms with Crippen molar-refractivity contribution in [2.24, 2.45) is 5.41 Å². The molecule has 0 aliphatic heterocycles.